The lowest BCUT2D eigenvalue weighted by atomic mass is 9.83. The van der Waals surface area contributed by atoms with Crippen molar-refractivity contribution in [1.82, 2.24) is 4.98 Å². The van der Waals surface area contributed by atoms with E-state index in [1.807, 2.05) is 60.7 Å². The zero-order chi connectivity index (χ0) is 17.2. The molecular weight excluding hydrogens is 312 g/mol. The van der Waals surface area contributed by atoms with E-state index in [1.54, 1.807) is 24.4 Å². The number of benzene rings is 2. The van der Waals surface area contributed by atoms with Crippen LogP contribution in [-0.2, 0) is 9.59 Å². The summed E-state index contributed by atoms with van der Waals surface area (Å²) >= 11 is 0. The van der Waals surface area contributed by atoms with Crippen LogP contribution in [-0.4, -0.2) is 16.8 Å². The number of pyridine rings is 1. The van der Waals surface area contributed by atoms with E-state index < -0.39 is 11.8 Å². The summed E-state index contributed by atoms with van der Waals surface area (Å²) < 4.78 is 0. The van der Waals surface area contributed by atoms with E-state index in [4.69, 9.17) is 0 Å². The van der Waals surface area contributed by atoms with Gasteiger partial charge in [0, 0.05) is 6.20 Å². The summed E-state index contributed by atoms with van der Waals surface area (Å²) in [6.45, 7) is 0. The molecule has 2 atom stereocenters. The van der Waals surface area contributed by atoms with Gasteiger partial charge in [-0.3, -0.25) is 9.59 Å². The number of rotatable bonds is 3. The average molecular weight is 328 g/mol. The van der Waals surface area contributed by atoms with Gasteiger partial charge in [-0.05, 0) is 23.3 Å². The third kappa shape index (κ3) is 2.62. The Morgan fingerprint density at radius 2 is 1.12 bits per heavy atom. The number of imide groups is 1. The highest BCUT2D eigenvalue weighted by atomic mass is 16.2. The molecular formula is C21H16N2O2. The molecule has 1 fully saturated rings. The maximum absolute atomic E-state index is 13.2. The molecule has 0 radical (unpaired) electrons. The smallest absolute Gasteiger partial charge is 0.243 e. The third-order valence-corrected chi connectivity index (χ3v) is 4.50. The second kappa shape index (κ2) is 6.32. The molecule has 4 rings (SSSR count). The molecule has 4 heteroatoms. The zero-order valence-corrected chi connectivity index (χ0v) is 13.4. The number of carbonyl (C=O) groups excluding carboxylic acids is 2. The van der Waals surface area contributed by atoms with Gasteiger partial charge in [0.2, 0.25) is 11.8 Å². The van der Waals surface area contributed by atoms with Crippen LogP contribution < -0.4 is 4.90 Å². The molecule has 2 heterocycles. The van der Waals surface area contributed by atoms with Crippen LogP contribution in [0, 0.1) is 0 Å². The van der Waals surface area contributed by atoms with Gasteiger partial charge < -0.3 is 0 Å². The molecule has 2 unspecified atom stereocenters. The van der Waals surface area contributed by atoms with Gasteiger partial charge in [-0.1, -0.05) is 66.7 Å². The Kier molecular flexibility index (Phi) is 3.86. The summed E-state index contributed by atoms with van der Waals surface area (Å²) in [6, 6.07) is 24.2. The van der Waals surface area contributed by atoms with Crippen LogP contribution in [0.25, 0.3) is 0 Å². The number of hydrogen-bond acceptors (Lipinski definition) is 3. The second-order valence-electron chi connectivity index (χ2n) is 5.98. The fourth-order valence-electron chi connectivity index (χ4n) is 3.37. The zero-order valence-electron chi connectivity index (χ0n) is 13.4. The molecule has 0 saturated carbocycles. The molecule has 1 aliphatic heterocycles. The molecule has 122 valence electrons. The molecule has 0 bridgehead atoms. The SMILES string of the molecule is O=C1C(c2ccccc2)C(c2ccccc2)C(=O)N1c1ccccn1. The average Bonchev–Trinajstić information content (AvgIpc) is 2.94. The van der Waals surface area contributed by atoms with Crippen LogP contribution in [0.15, 0.2) is 85.1 Å². The molecule has 1 aromatic heterocycles. The van der Waals surface area contributed by atoms with Gasteiger partial charge in [-0.2, -0.15) is 0 Å². The standard InChI is InChI=1S/C21H16N2O2/c24-20-18(15-9-3-1-4-10-15)19(16-11-5-2-6-12-16)21(25)23(20)17-13-7-8-14-22-17/h1-14,18-19H. The molecule has 0 N–H and O–H groups in total. The van der Waals surface area contributed by atoms with Crippen molar-refractivity contribution in [2.24, 2.45) is 0 Å². The van der Waals surface area contributed by atoms with Crippen LogP contribution in [0.5, 0.6) is 0 Å². The molecule has 1 saturated heterocycles. The van der Waals surface area contributed by atoms with Gasteiger partial charge >= 0.3 is 0 Å². The summed E-state index contributed by atoms with van der Waals surface area (Å²) in [5.74, 6) is -1.18. The first kappa shape index (κ1) is 15.3. The minimum Gasteiger partial charge on any atom is -0.273 e. The summed E-state index contributed by atoms with van der Waals surface area (Å²) in [4.78, 5) is 31.8. The molecule has 2 amide bonds. The van der Waals surface area contributed by atoms with Crippen LogP contribution in [0.4, 0.5) is 5.82 Å². The van der Waals surface area contributed by atoms with Crippen LogP contribution in [0.2, 0.25) is 0 Å². The van der Waals surface area contributed by atoms with Crippen molar-refractivity contribution in [2.75, 3.05) is 4.90 Å². The van der Waals surface area contributed by atoms with Crippen LogP contribution in [0.3, 0.4) is 0 Å². The van der Waals surface area contributed by atoms with E-state index in [-0.39, 0.29) is 11.8 Å². The maximum atomic E-state index is 13.2. The summed E-state index contributed by atoms with van der Waals surface area (Å²) in [7, 11) is 0. The Labute approximate surface area is 145 Å². The van der Waals surface area contributed by atoms with E-state index in [0.29, 0.717) is 5.82 Å². The van der Waals surface area contributed by atoms with Crippen molar-refractivity contribution in [1.29, 1.82) is 0 Å². The van der Waals surface area contributed by atoms with Crippen molar-refractivity contribution >= 4 is 17.6 Å². The predicted octanol–water partition coefficient (Wildman–Crippen LogP) is 3.52. The van der Waals surface area contributed by atoms with Crippen LogP contribution in [0.1, 0.15) is 23.0 Å². The summed E-state index contributed by atoms with van der Waals surface area (Å²) in [5, 5.41) is 0. The fraction of sp³-hybridized carbons (Fsp3) is 0.0952. The number of carbonyl (C=O) groups is 2. The van der Waals surface area contributed by atoms with E-state index in [9.17, 15) is 9.59 Å². The Hall–Kier alpha value is -3.27. The fourth-order valence-corrected chi connectivity index (χ4v) is 3.37. The lowest BCUT2D eigenvalue weighted by Gasteiger charge is -2.15. The highest BCUT2D eigenvalue weighted by Gasteiger charge is 2.50. The number of amides is 2. The van der Waals surface area contributed by atoms with Gasteiger partial charge in [0.05, 0.1) is 11.8 Å². The molecule has 0 spiro atoms. The lowest BCUT2D eigenvalue weighted by molar-refractivity contribution is -0.121. The van der Waals surface area contributed by atoms with Gasteiger partial charge in [-0.25, -0.2) is 9.88 Å². The maximum Gasteiger partial charge on any atom is 0.243 e. The minimum absolute atomic E-state index is 0.233. The Morgan fingerprint density at radius 1 is 0.640 bits per heavy atom. The number of anilines is 1. The van der Waals surface area contributed by atoms with Crippen LogP contribution >= 0.6 is 0 Å². The quantitative estimate of drug-likeness (QED) is 0.691. The highest BCUT2D eigenvalue weighted by molar-refractivity contribution is 6.25. The van der Waals surface area contributed by atoms with E-state index in [2.05, 4.69) is 4.98 Å². The largest absolute Gasteiger partial charge is 0.273 e. The molecule has 4 nitrogen and oxygen atoms in total. The number of aromatic nitrogens is 1. The minimum atomic E-state index is -0.543. The highest BCUT2D eigenvalue weighted by Crippen LogP contribution is 2.42. The Balaban J connectivity index is 1.85. The summed E-state index contributed by atoms with van der Waals surface area (Å²) in [6.07, 6.45) is 1.59. The molecule has 2 aromatic carbocycles. The van der Waals surface area contributed by atoms with Crippen molar-refractivity contribution in [2.45, 2.75) is 11.8 Å². The first-order valence-electron chi connectivity index (χ1n) is 8.16. The van der Waals surface area contributed by atoms with Crippen molar-refractivity contribution in [3.05, 3.63) is 96.2 Å². The summed E-state index contributed by atoms with van der Waals surface area (Å²) in [5.41, 5.74) is 1.68. The lowest BCUT2D eigenvalue weighted by Crippen LogP contribution is -2.31. The van der Waals surface area contributed by atoms with Gasteiger partial charge in [0.15, 0.2) is 0 Å². The van der Waals surface area contributed by atoms with Crippen molar-refractivity contribution in [3.63, 3.8) is 0 Å². The van der Waals surface area contributed by atoms with Gasteiger partial charge in [-0.15, -0.1) is 0 Å². The molecule has 0 aliphatic carbocycles. The first-order valence-corrected chi connectivity index (χ1v) is 8.16. The van der Waals surface area contributed by atoms with Crippen molar-refractivity contribution in [3.8, 4) is 0 Å². The monoisotopic (exact) mass is 328 g/mol. The Morgan fingerprint density at radius 3 is 1.56 bits per heavy atom. The normalized spacial score (nSPS) is 20.1. The van der Waals surface area contributed by atoms with E-state index in [0.717, 1.165) is 11.1 Å². The molecule has 3 aromatic rings. The van der Waals surface area contributed by atoms with E-state index >= 15 is 0 Å². The van der Waals surface area contributed by atoms with E-state index in [1.165, 1.54) is 4.90 Å². The predicted molar refractivity (Wildman–Crippen MR) is 95.1 cm³/mol. The third-order valence-electron chi connectivity index (χ3n) is 4.50. The van der Waals surface area contributed by atoms with Crippen molar-refractivity contribution < 1.29 is 9.59 Å². The second-order valence-corrected chi connectivity index (χ2v) is 5.98. The van der Waals surface area contributed by atoms with Gasteiger partial charge in [0.25, 0.3) is 0 Å². The molecule has 1 aliphatic rings. The topological polar surface area (TPSA) is 50.3 Å². The molecule has 25 heavy (non-hydrogen) atoms. The first-order chi connectivity index (χ1) is 12.3. The number of nitrogens with zero attached hydrogens (tertiary/aromatic N) is 2. The number of hydrogen-bond donors (Lipinski definition) is 0. The Bertz CT molecular complexity index is 837. The van der Waals surface area contributed by atoms with Gasteiger partial charge in [0.1, 0.15) is 5.82 Å².